The second kappa shape index (κ2) is 13.6. The van der Waals surface area contributed by atoms with E-state index in [0.29, 0.717) is 24.3 Å². The molecule has 2 aliphatic rings. The first kappa shape index (κ1) is 33.2. The summed E-state index contributed by atoms with van der Waals surface area (Å²) in [6, 6.07) is 15.6. The zero-order valence-corrected chi connectivity index (χ0v) is 26.7. The second-order valence-corrected chi connectivity index (χ2v) is 12.6. The van der Waals surface area contributed by atoms with E-state index >= 15 is 0 Å². The van der Waals surface area contributed by atoms with E-state index in [4.69, 9.17) is 21.1 Å². The molecule has 0 radical (unpaired) electrons. The molecule has 0 bridgehead atoms. The van der Waals surface area contributed by atoms with Crippen molar-refractivity contribution in [2.45, 2.75) is 45.9 Å². The molecule has 1 saturated heterocycles. The third-order valence-electron chi connectivity index (χ3n) is 9.06. The van der Waals surface area contributed by atoms with Crippen LogP contribution in [0.15, 0.2) is 78.9 Å². The Balaban J connectivity index is 1.48. The van der Waals surface area contributed by atoms with Gasteiger partial charge in [0.25, 0.3) is 0 Å². The minimum absolute atomic E-state index is 0.0683. The highest BCUT2D eigenvalue weighted by Crippen LogP contribution is 2.52. The SMILES string of the molecule is CNC(=O)C1(COc2cc(OCc3cc(F)cc(F)c3)c(CN3CCC[C@H]3C(=O)O)cc2Cl)C=CC=C(c2ccccc2)C1(C)C. The molecule has 1 aliphatic heterocycles. The number of likely N-dealkylation sites (tertiary alicyclic amines) is 1. The van der Waals surface area contributed by atoms with E-state index < -0.39 is 34.5 Å². The number of hydrogen-bond acceptors (Lipinski definition) is 5. The molecule has 3 aromatic rings. The maximum atomic E-state index is 13.9. The van der Waals surface area contributed by atoms with Gasteiger partial charge in [0.1, 0.15) is 47.8 Å². The number of carbonyl (C=O) groups excluding carboxylic acids is 1. The highest BCUT2D eigenvalue weighted by atomic mass is 35.5. The molecule has 46 heavy (non-hydrogen) atoms. The monoisotopic (exact) mass is 650 g/mol. The van der Waals surface area contributed by atoms with Gasteiger partial charge in [-0.25, -0.2) is 8.78 Å². The Hall–Kier alpha value is -4.21. The van der Waals surface area contributed by atoms with Gasteiger partial charge in [-0.05, 0) is 54.3 Å². The molecule has 10 heteroatoms. The van der Waals surface area contributed by atoms with Gasteiger partial charge in [0.05, 0.1) is 5.02 Å². The van der Waals surface area contributed by atoms with Crippen molar-refractivity contribution in [2.75, 3.05) is 20.2 Å². The zero-order valence-electron chi connectivity index (χ0n) is 26.0. The van der Waals surface area contributed by atoms with Gasteiger partial charge in [-0.3, -0.25) is 14.5 Å². The minimum Gasteiger partial charge on any atom is -0.490 e. The standard InChI is InChI=1S/C36H37ClF2N2O5/c1-35(2)28(24-9-5-4-6-10-24)11-7-13-36(35,34(44)40-3)22-46-32-19-31(45-21-23-15-26(38)18-27(39)16-23)25(17-29(32)37)20-41-14-8-12-30(41)33(42)43/h4-7,9-11,13,15-19,30H,8,12,14,20-22H2,1-3H3,(H,40,44)(H,42,43)/t30-,36?/m0/s1. The smallest absolute Gasteiger partial charge is 0.320 e. The molecule has 3 aromatic carbocycles. The van der Waals surface area contributed by atoms with Crippen LogP contribution in [0.5, 0.6) is 11.5 Å². The lowest BCUT2D eigenvalue weighted by molar-refractivity contribution is -0.142. The van der Waals surface area contributed by atoms with E-state index in [1.807, 2.05) is 67.3 Å². The average molecular weight is 651 g/mol. The Morgan fingerprint density at radius 3 is 2.43 bits per heavy atom. The van der Waals surface area contributed by atoms with Crippen LogP contribution in [0.2, 0.25) is 5.02 Å². The van der Waals surface area contributed by atoms with Crippen molar-refractivity contribution in [1.82, 2.24) is 10.2 Å². The van der Waals surface area contributed by atoms with Crippen molar-refractivity contribution in [3.05, 3.63) is 112 Å². The van der Waals surface area contributed by atoms with Crippen LogP contribution in [0.4, 0.5) is 8.78 Å². The third kappa shape index (κ3) is 6.66. The Kier molecular flexibility index (Phi) is 9.84. The van der Waals surface area contributed by atoms with Crippen LogP contribution in [0.1, 0.15) is 43.4 Å². The predicted molar refractivity (Wildman–Crippen MR) is 173 cm³/mol. The average Bonchev–Trinajstić information content (AvgIpc) is 3.48. The number of amides is 1. The summed E-state index contributed by atoms with van der Waals surface area (Å²) in [4.78, 5) is 27.4. The van der Waals surface area contributed by atoms with E-state index in [9.17, 15) is 23.5 Å². The van der Waals surface area contributed by atoms with Gasteiger partial charge in [-0.15, -0.1) is 0 Å². The van der Waals surface area contributed by atoms with Crippen LogP contribution in [-0.4, -0.2) is 48.1 Å². The van der Waals surface area contributed by atoms with Gasteiger partial charge in [-0.1, -0.05) is 74.0 Å². The lowest BCUT2D eigenvalue weighted by Crippen LogP contribution is -2.53. The summed E-state index contributed by atoms with van der Waals surface area (Å²) >= 11 is 6.77. The quantitative estimate of drug-likeness (QED) is 0.232. The van der Waals surface area contributed by atoms with Crippen molar-refractivity contribution < 1.29 is 33.0 Å². The van der Waals surface area contributed by atoms with Crippen molar-refractivity contribution in [3.8, 4) is 11.5 Å². The summed E-state index contributed by atoms with van der Waals surface area (Å²) in [5, 5.41) is 12.8. The number of nitrogens with one attached hydrogen (secondary N) is 1. The fourth-order valence-corrected chi connectivity index (χ4v) is 6.66. The molecule has 2 N–H and O–H groups in total. The Bertz CT molecular complexity index is 1660. The maximum Gasteiger partial charge on any atom is 0.320 e. The van der Waals surface area contributed by atoms with Gasteiger partial charge >= 0.3 is 5.97 Å². The summed E-state index contributed by atoms with van der Waals surface area (Å²) < 4.78 is 40.3. The second-order valence-electron chi connectivity index (χ2n) is 12.2. The van der Waals surface area contributed by atoms with E-state index in [-0.39, 0.29) is 42.0 Å². The molecule has 0 saturated carbocycles. The summed E-state index contributed by atoms with van der Waals surface area (Å²) in [7, 11) is 1.58. The number of hydrogen-bond donors (Lipinski definition) is 2. The number of ether oxygens (including phenoxy) is 2. The molecule has 1 amide bonds. The Morgan fingerprint density at radius 2 is 1.76 bits per heavy atom. The molecule has 0 aromatic heterocycles. The fraction of sp³-hybridized carbons (Fsp3) is 0.333. The van der Waals surface area contributed by atoms with Crippen LogP contribution >= 0.6 is 11.6 Å². The van der Waals surface area contributed by atoms with Crippen LogP contribution in [0.3, 0.4) is 0 Å². The first-order valence-electron chi connectivity index (χ1n) is 15.1. The van der Waals surface area contributed by atoms with E-state index in [1.54, 1.807) is 19.2 Å². The van der Waals surface area contributed by atoms with Crippen molar-refractivity contribution in [3.63, 3.8) is 0 Å². The summed E-state index contributed by atoms with van der Waals surface area (Å²) in [6.45, 7) is 4.58. The molecule has 242 valence electrons. The summed E-state index contributed by atoms with van der Waals surface area (Å²) in [5.74, 6) is -2.05. The number of halogens is 3. The van der Waals surface area contributed by atoms with E-state index in [2.05, 4.69) is 5.32 Å². The van der Waals surface area contributed by atoms with Gasteiger partial charge < -0.3 is 19.9 Å². The summed E-state index contributed by atoms with van der Waals surface area (Å²) in [6.07, 6.45) is 6.96. The largest absolute Gasteiger partial charge is 0.490 e. The molecule has 1 fully saturated rings. The number of carboxylic acids is 1. The maximum absolute atomic E-state index is 13.9. The molecule has 1 unspecified atom stereocenters. The van der Waals surface area contributed by atoms with E-state index in [0.717, 1.165) is 23.6 Å². The number of carboxylic acid groups (broad SMARTS) is 1. The van der Waals surface area contributed by atoms with Crippen LogP contribution < -0.4 is 14.8 Å². The van der Waals surface area contributed by atoms with Crippen LogP contribution in [-0.2, 0) is 22.7 Å². The predicted octanol–water partition coefficient (Wildman–Crippen LogP) is 7.04. The van der Waals surface area contributed by atoms with Crippen molar-refractivity contribution in [1.29, 1.82) is 0 Å². The molecule has 1 heterocycles. The van der Waals surface area contributed by atoms with Crippen LogP contribution in [0.25, 0.3) is 5.57 Å². The van der Waals surface area contributed by atoms with Crippen LogP contribution in [0, 0.1) is 22.5 Å². The van der Waals surface area contributed by atoms with Gasteiger partial charge in [0.2, 0.25) is 5.91 Å². The zero-order chi connectivity index (χ0) is 33.1. The third-order valence-corrected chi connectivity index (χ3v) is 9.35. The Morgan fingerprint density at radius 1 is 1.04 bits per heavy atom. The topological polar surface area (TPSA) is 88.1 Å². The van der Waals surface area contributed by atoms with Gasteiger partial charge in [0.15, 0.2) is 0 Å². The summed E-state index contributed by atoms with van der Waals surface area (Å²) in [5.41, 5.74) is 0.980. The number of allylic oxidation sites excluding steroid dienone is 3. The first-order valence-corrected chi connectivity index (χ1v) is 15.5. The molecular formula is C36H37ClF2N2O5. The first-order chi connectivity index (χ1) is 21.9. The molecule has 0 spiro atoms. The number of rotatable bonds is 11. The molecule has 2 atom stereocenters. The number of benzene rings is 3. The lowest BCUT2D eigenvalue weighted by atomic mass is 9.58. The van der Waals surface area contributed by atoms with Gasteiger partial charge in [0, 0.05) is 36.7 Å². The van der Waals surface area contributed by atoms with E-state index in [1.165, 1.54) is 12.1 Å². The molecule has 1 aliphatic carbocycles. The number of carbonyl (C=O) groups is 2. The number of nitrogens with zero attached hydrogens (tertiary/aromatic N) is 1. The fourth-order valence-electron chi connectivity index (χ4n) is 6.42. The van der Waals surface area contributed by atoms with Gasteiger partial charge in [-0.2, -0.15) is 0 Å². The lowest BCUT2D eigenvalue weighted by Gasteiger charge is -2.46. The minimum atomic E-state index is -1.13. The highest BCUT2D eigenvalue weighted by molar-refractivity contribution is 6.32. The Labute approximate surface area is 272 Å². The highest BCUT2D eigenvalue weighted by Gasteiger charge is 2.53. The molecular weight excluding hydrogens is 614 g/mol. The number of aliphatic carboxylic acids is 1. The normalized spacial score (nSPS) is 20.7. The molecule has 7 nitrogen and oxygen atoms in total. The molecule has 5 rings (SSSR count). The van der Waals surface area contributed by atoms with Crippen molar-refractivity contribution in [2.24, 2.45) is 10.8 Å². The van der Waals surface area contributed by atoms with Crippen molar-refractivity contribution >= 4 is 29.1 Å².